The molecule has 0 aliphatic heterocycles. The molecule has 0 atom stereocenters. The average Bonchev–Trinajstić information content (AvgIpc) is 3.55. The molecule has 3 aromatic carbocycles. The highest BCUT2D eigenvalue weighted by Crippen LogP contribution is 2.54. The second-order valence-electron chi connectivity index (χ2n) is 7.66. The third-order valence-corrected chi connectivity index (χ3v) is 9.23. The second-order valence-corrected chi connectivity index (χ2v) is 10.8. The van der Waals surface area contributed by atoms with E-state index in [-0.39, 0.29) is 0 Å². The Balaban J connectivity index is 1.60. The number of hydrogen-bond donors (Lipinski definition) is 2. The van der Waals surface area contributed by atoms with Crippen LogP contribution in [0.2, 0.25) is 0 Å². The zero-order chi connectivity index (χ0) is 20.2. The van der Waals surface area contributed by atoms with Gasteiger partial charge in [-0.25, -0.2) is 5.09 Å². The largest absolute Gasteiger partial charge is 0.476 e. The molecular weight excluding hydrogens is 389 g/mol. The van der Waals surface area contributed by atoms with Gasteiger partial charge >= 0.3 is 0 Å². The summed E-state index contributed by atoms with van der Waals surface area (Å²) < 4.78 is 5.87. The lowest BCUT2D eigenvalue weighted by atomic mass is 10.4. The first-order valence-electron chi connectivity index (χ1n) is 10.4. The lowest BCUT2D eigenvalue weighted by Crippen LogP contribution is -2.36. The van der Waals surface area contributed by atoms with Crippen molar-refractivity contribution in [1.82, 2.24) is 10.2 Å². The molecule has 5 rings (SSSR count). The highest BCUT2D eigenvalue weighted by molar-refractivity contribution is 7.96. The van der Waals surface area contributed by atoms with E-state index in [0.717, 1.165) is 12.4 Å². The van der Waals surface area contributed by atoms with E-state index in [1.54, 1.807) is 0 Å². The molecule has 0 radical (unpaired) electrons. The van der Waals surface area contributed by atoms with Gasteiger partial charge in [-0.05, 0) is 55.2 Å². The highest BCUT2D eigenvalue weighted by atomic mass is 31.2. The molecule has 1 aromatic heterocycles. The zero-order valence-electron chi connectivity index (χ0n) is 16.7. The van der Waals surface area contributed by atoms with Crippen LogP contribution in [-0.4, -0.2) is 16.8 Å². The molecule has 1 aliphatic carbocycles. The molecule has 1 heterocycles. The van der Waals surface area contributed by atoms with Gasteiger partial charge in [-0.3, -0.25) is 5.10 Å². The first-order valence-corrected chi connectivity index (χ1v) is 12.2. The fourth-order valence-electron chi connectivity index (χ4n) is 3.70. The SMILES string of the molecule is c1ccc([P+](Nc2cc(OCC3CC3)n[nH]2)(c2ccccc2)c2ccccc2)cc1. The molecule has 0 bridgehead atoms. The normalized spacial score (nSPS) is 13.7. The Labute approximate surface area is 177 Å². The number of hydrogen-bond acceptors (Lipinski definition) is 3. The van der Waals surface area contributed by atoms with Crippen molar-refractivity contribution >= 4 is 29.1 Å². The van der Waals surface area contributed by atoms with Crippen LogP contribution in [0.3, 0.4) is 0 Å². The summed E-state index contributed by atoms with van der Waals surface area (Å²) in [6, 6.07) is 34.1. The van der Waals surface area contributed by atoms with Gasteiger partial charge < -0.3 is 4.74 Å². The van der Waals surface area contributed by atoms with Gasteiger partial charge in [0.25, 0.3) is 0 Å². The van der Waals surface area contributed by atoms with E-state index in [2.05, 4.69) is 106 Å². The summed E-state index contributed by atoms with van der Waals surface area (Å²) in [5, 5.41) is 15.2. The maximum atomic E-state index is 5.87. The van der Waals surface area contributed by atoms with Crippen molar-refractivity contribution in [3.8, 4) is 5.88 Å². The van der Waals surface area contributed by atoms with E-state index >= 15 is 0 Å². The van der Waals surface area contributed by atoms with Gasteiger partial charge in [0.2, 0.25) is 13.3 Å². The monoisotopic (exact) mass is 414 g/mol. The summed E-state index contributed by atoms with van der Waals surface area (Å²) in [7, 11) is -2.16. The molecule has 0 saturated heterocycles. The van der Waals surface area contributed by atoms with Crippen molar-refractivity contribution in [2.45, 2.75) is 12.8 Å². The fourth-order valence-corrected chi connectivity index (χ4v) is 7.31. The van der Waals surface area contributed by atoms with Gasteiger partial charge in [-0.2, -0.15) is 0 Å². The molecule has 1 saturated carbocycles. The molecule has 0 unspecified atom stereocenters. The van der Waals surface area contributed by atoms with Crippen molar-refractivity contribution in [2.75, 3.05) is 11.7 Å². The molecule has 4 aromatic rings. The Hall–Kier alpha value is -3.10. The van der Waals surface area contributed by atoms with Gasteiger partial charge in [-0.15, -0.1) is 5.10 Å². The Morgan fingerprint density at radius 1 is 0.800 bits per heavy atom. The van der Waals surface area contributed by atoms with Gasteiger partial charge in [0.05, 0.1) is 6.61 Å². The molecule has 30 heavy (non-hydrogen) atoms. The third kappa shape index (κ3) is 3.83. The summed E-state index contributed by atoms with van der Waals surface area (Å²) in [4.78, 5) is 0. The predicted octanol–water partition coefficient (Wildman–Crippen LogP) is 4.52. The molecule has 2 N–H and O–H groups in total. The summed E-state index contributed by atoms with van der Waals surface area (Å²) in [6.07, 6.45) is 2.53. The van der Waals surface area contributed by atoms with Crippen molar-refractivity contribution in [3.05, 3.63) is 97.1 Å². The van der Waals surface area contributed by atoms with E-state index in [1.807, 2.05) is 6.07 Å². The van der Waals surface area contributed by atoms with Gasteiger partial charge in [-0.1, -0.05) is 54.6 Å². The van der Waals surface area contributed by atoms with Crippen LogP contribution in [0.4, 0.5) is 5.82 Å². The van der Waals surface area contributed by atoms with Crippen LogP contribution in [0.25, 0.3) is 0 Å². The van der Waals surface area contributed by atoms with Gasteiger partial charge in [0.1, 0.15) is 15.9 Å². The smallest absolute Gasteiger partial charge is 0.234 e. The molecule has 4 nitrogen and oxygen atoms in total. The number of anilines is 1. The number of nitrogens with zero attached hydrogens (tertiary/aromatic N) is 1. The van der Waals surface area contributed by atoms with Crippen LogP contribution in [0.15, 0.2) is 97.1 Å². The van der Waals surface area contributed by atoms with E-state index in [1.165, 1.54) is 28.8 Å². The summed E-state index contributed by atoms with van der Waals surface area (Å²) >= 11 is 0. The van der Waals surface area contributed by atoms with Crippen molar-refractivity contribution in [3.63, 3.8) is 0 Å². The Morgan fingerprint density at radius 2 is 1.30 bits per heavy atom. The number of aromatic amines is 1. The van der Waals surface area contributed by atoms with Crippen molar-refractivity contribution in [2.24, 2.45) is 5.92 Å². The maximum absolute atomic E-state index is 5.87. The Kier molecular flexibility index (Phi) is 5.25. The predicted molar refractivity (Wildman–Crippen MR) is 126 cm³/mol. The van der Waals surface area contributed by atoms with Crippen LogP contribution in [0.5, 0.6) is 5.88 Å². The molecule has 150 valence electrons. The van der Waals surface area contributed by atoms with Gasteiger partial charge in [0, 0.05) is 6.07 Å². The van der Waals surface area contributed by atoms with Crippen LogP contribution >= 0.6 is 7.41 Å². The Morgan fingerprint density at radius 3 is 1.77 bits per heavy atom. The quantitative estimate of drug-likeness (QED) is 0.417. The van der Waals surface area contributed by atoms with Gasteiger partial charge in [0.15, 0.2) is 5.82 Å². The lowest BCUT2D eigenvalue weighted by Gasteiger charge is -2.27. The average molecular weight is 414 g/mol. The molecule has 0 spiro atoms. The lowest BCUT2D eigenvalue weighted by molar-refractivity contribution is 0.288. The molecule has 5 heteroatoms. The van der Waals surface area contributed by atoms with E-state index < -0.39 is 7.41 Å². The van der Waals surface area contributed by atoms with Crippen molar-refractivity contribution in [1.29, 1.82) is 0 Å². The van der Waals surface area contributed by atoms with E-state index in [0.29, 0.717) is 11.8 Å². The number of rotatable bonds is 8. The van der Waals surface area contributed by atoms with E-state index in [4.69, 9.17) is 4.74 Å². The zero-order valence-corrected chi connectivity index (χ0v) is 17.6. The molecule has 0 amide bonds. The number of H-pyrrole nitrogens is 1. The minimum absolute atomic E-state index is 0.650. The number of ether oxygens (including phenoxy) is 1. The third-order valence-electron chi connectivity index (χ3n) is 5.44. The first kappa shape index (κ1) is 18.9. The number of nitrogens with one attached hydrogen (secondary N) is 2. The fraction of sp³-hybridized carbons (Fsp3) is 0.160. The molecule has 1 aliphatic rings. The summed E-state index contributed by atoms with van der Waals surface area (Å²) in [6.45, 7) is 0.751. The minimum atomic E-state index is -2.16. The van der Waals surface area contributed by atoms with Crippen molar-refractivity contribution < 1.29 is 4.74 Å². The maximum Gasteiger partial charge on any atom is 0.234 e. The van der Waals surface area contributed by atoms with E-state index in [9.17, 15) is 0 Å². The number of benzene rings is 3. The minimum Gasteiger partial charge on any atom is -0.476 e. The van der Waals surface area contributed by atoms with Crippen LogP contribution in [-0.2, 0) is 0 Å². The highest BCUT2D eigenvalue weighted by Gasteiger charge is 2.46. The standard InChI is InChI=1S/C25H25N3OP/c1-4-10-21(11-5-1)30(22-12-6-2-7-13-22,23-14-8-3-9-15-23)28-24-18-25(27-26-24)29-19-20-16-17-20/h1-15,18,20H,16-17,19H2,(H2,26,27,28)/q+1. The first-order chi connectivity index (χ1) is 14.8. The topological polar surface area (TPSA) is 49.9 Å². The molecule has 1 fully saturated rings. The Bertz CT molecular complexity index is 982. The summed E-state index contributed by atoms with van der Waals surface area (Å²) in [5.74, 6) is 2.21. The van der Waals surface area contributed by atoms with Crippen LogP contribution < -0.4 is 25.7 Å². The van der Waals surface area contributed by atoms with Crippen LogP contribution in [0.1, 0.15) is 12.8 Å². The molecular formula is C25H25N3OP+. The van der Waals surface area contributed by atoms with Crippen LogP contribution in [0, 0.1) is 5.92 Å². The number of aromatic nitrogens is 2. The second kappa shape index (κ2) is 8.33. The summed E-state index contributed by atoms with van der Waals surface area (Å²) in [5.41, 5.74) is 0.